The number of thiophene rings is 1. The minimum Gasteiger partial charge on any atom is -0.477 e. The number of carbonyl (C=O) groups is 4. The molecule has 0 spiro atoms. The van der Waals surface area contributed by atoms with Crippen LogP contribution in [0.1, 0.15) is 74.2 Å². The summed E-state index contributed by atoms with van der Waals surface area (Å²) >= 11 is 19.6. The topological polar surface area (TPSA) is 234 Å². The number of Topliss-reactive ketones (excluding diaryl/α,β-unsaturated/α-hetero) is 1. The summed E-state index contributed by atoms with van der Waals surface area (Å²) in [5.74, 6) is 0.400. The lowest BCUT2D eigenvalue weighted by molar-refractivity contribution is 0.0511. The number of hydrogen-bond donors (Lipinski definition) is 4. The van der Waals surface area contributed by atoms with Crippen LogP contribution in [-0.4, -0.2) is 84.7 Å². The molecular formula is C52H47Br2Cl2N11O7S. The molecule has 4 N–H and O–H groups in total. The molecule has 0 aliphatic heterocycles. The number of anilines is 4. The van der Waals surface area contributed by atoms with Crippen LogP contribution in [0, 0.1) is 6.92 Å². The predicted octanol–water partition coefficient (Wildman–Crippen LogP) is 14.8. The number of ketones is 1. The Morgan fingerprint density at radius 3 is 1.79 bits per heavy atom. The summed E-state index contributed by atoms with van der Waals surface area (Å²) in [5, 5.41) is 27.3. The van der Waals surface area contributed by atoms with Crippen molar-refractivity contribution >= 4 is 156 Å². The molecule has 4 aromatic carbocycles. The highest BCUT2D eigenvalue weighted by molar-refractivity contribution is 9.10. The number of aromatic nitrogens is 9. The zero-order valence-electron chi connectivity index (χ0n) is 41.4. The number of aromatic amines is 1. The number of rotatable bonds is 6. The molecule has 6 aromatic heterocycles. The van der Waals surface area contributed by atoms with Crippen LogP contribution in [-0.2, 0) is 9.47 Å². The van der Waals surface area contributed by atoms with Crippen molar-refractivity contribution in [3.8, 4) is 0 Å². The van der Waals surface area contributed by atoms with Crippen molar-refractivity contribution in [1.82, 2.24) is 44.5 Å². The van der Waals surface area contributed by atoms with E-state index in [1.54, 1.807) is 56.0 Å². The maximum atomic E-state index is 12.2. The van der Waals surface area contributed by atoms with Gasteiger partial charge in [-0.2, -0.15) is 19.6 Å². The number of H-pyrrole nitrogens is 1. The Morgan fingerprint density at radius 1 is 0.667 bits per heavy atom. The number of fused-ring (bicyclic) bond motifs is 4. The molecule has 0 amide bonds. The van der Waals surface area contributed by atoms with Gasteiger partial charge < -0.3 is 30.2 Å². The van der Waals surface area contributed by atoms with Gasteiger partial charge >= 0.3 is 18.2 Å². The fourth-order valence-corrected chi connectivity index (χ4v) is 8.85. The minimum atomic E-state index is -0.864. The molecule has 6 heterocycles. The average Bonchev–Trinajstić information content (AvgIpc) is 4.14. The second-order valence-electron chi connectivity index (χ2n) is 18.3. The molecule has 10 aromatic rings. The number of halogens is 4. The second-order valence-corrected chi connectivity index (χ2v) is 21.9. The summed E-state index contributed by atoms with van der Waals surface area (Å²) in [6.07, 6.45) is 5.41. The standard InChI is InChI=1S/C17H18ClN5O2.C16H16ClN5O2.C10H8BrNO.C9H5BrO2S/c1-10-8-19-15(18)22-14(10)21-12-5-6-13-11(7-12)9-20-23(13)16(24)25-17(2,3)4;1-16(2,3)24-15(23)22-12-5-4-11(8-10(12)9-19-22)20-13-6-7-18-14(17)21-13;1-6(13)9-4-7-2-3-8(11)5-10(7)12-9;10-6-2-1-5-3-8(9(11)12)13-7(5)4-6/h5-9H,1-4H3,(H,19,21,22);4-9H,1-3H3,(H,18,20,21);2-5,12H,1H3;1-4H,(H,11,12). The molecule has 18 nitrogen and oxygen atoms in total. The van der Waals surface area contributed by atoms with Crippen molar-refractivity contribution < 1.29 is 33.8 Å². The fourth-order valence-electron chi connectivity index (χ4n) is 6.76. The Kier molecular flexibility index (Phi) is 17.4. The van der Waals surface area contributed by atoms with E-state index in [1.165, 1.54) is 20.7 Å². The lowest BCUT2D eigenvalue weighted by Gasteiger charge is -2.19. The number of carboxylic acids is 1. The molecule has 0 aliphatic rings. The molecule has 0 aliphatic carbocycles. The van der Waals surface area contributed by atoms with Crippen molar-refractivity contribution in [2.75, 3.05) is 10.6 Å². The number of nitrogens with one attached hydrogen (secondary N) is 3. The number of hydrogen-bond acceptors (Lipinski definition) is 15. The van der Waals surface area contributed by atoms with E-state index in [-0.39, 0.29) is 16.4 Å². The SMILES string of the molecule is CC(=O)c1cc2ccc(Br)cc2[nH]1.CC(C)(C)OC(=O)n1ncc2cc(Nc3ccnc(Cl)n3)ccc21.Cc1cnc(Cl)nc1Nc1ccc2c(cnn2C(=O)OC(C)(C)C)c1.O=C(O)c1cc2ccc(Br)cc2s1. The molecule has 0 unspecified atom stereocenters. The van der Waals surface area contributed by atoms with Crippen molar-refractivity contribution in [3.05, 3.63) is 151 Å². The maximum absolute atomic E-state index is 12.2. The summed E-state index contributed by atoms with van der Waals surface area (Å²) in [4.78, 5) is 65.6. The third-order valence-electron chi connectivity index (χ3n) is 10.0. The Morgan fingerprint density at radius 2 is 1.23 bits per heavy atom. The van der Waals surface area contributed by atoms with Gasteiger partial charge in [-0.05, 0) is 156 Å². The summed E-state index contributed by atoms with van der Waals surface area (Å²) in [5.41, 5.74) is 4.27. The summed E-state index contributed by atoms with van der Waals surface area (Å²) in [6, 6.07) is 27.9. The molecule has 0 radical (unpaired) electrons. The number of nitrogens with zero attached hydrogens (tertiary/aromatic N) is 8. The van der Waals surface area contributed by atoms with E-state index in [0.29, 0.717) is 33.2 Å². The van der Waals surface area contributed by atoms with E-state index in [9.17, 15) is 19.2 Å². The van der Waals surface area contributed by atoms with Gasteiger partial charge in [-0.25, -0.2) is 34.3 Å². The largest absolute Gasteiger partial charge is 0.477 e. The number of carboxylic acid groups (broad SMARTS) is 1. The first-order valence-corrected chi connectivity index (χ1v) is 25.7. The van der Waals surface area contributed by atoms with Crippen LogP contribution in [0.4, 0.5) is 32.6 Å². The van der Waals surface area contributed by atoms with Crippen LogP contribution >= 0.6 is 66.4 Å². The van der Waals surface area contributed by atoms with Gasteiger partial charge in [-0.1, -0.05) is 44.0 Å². The van der Waals surface area contributed by atoms with Crippen LogP contribution in [0.3, 0.4) is 0 Å². The molecule has 0 fully saturated rings. The summed E-state index contributed by atoms with van der Waals surface area (Å²) in [7, 11) is 0. The summed E-state index contributed by atoms with van der Waals surface area (Å²) in [6.45, 7) is 14.3. The predicted molar refractivity (Wildman–Crippen MR) is 301 cm³/mol. The van der Waals surface area contributed by atoms with Gasteiger partial charge in [0.05, 0.1) is 29.1 Å². The van der Waals surface area contributed by atoms with Crippen molar-refractivity contribution in [2.24, 2.45) is 0 Å². The Hall–Kier alpha value is -7.30. The molecule has 0 atom stereocenters. The third-order valence-corrected chi connectivity index (χ3v) is 12.5. The molecular weight excluding hydrogens is 1150 g/mol. The van der Waals surface area contributed by atoms with Gasteiger partial charge in [0, 0.05) is 71.6 Å². The van der Waals surface area contributed by atoms with Gasteiger partial charge in [0.1, 0.15) is 27.7 Å². The van der Waals surface area contributed by atoms with E-state index in [1.807, 2.05) is 115 Å². The Bertz CT molecular complexity index is 3660. The zero-order valence-corrected chi connectivity index (χ0v) is 46.9. The monoisotopic (exact) mass is 1200 g/mol. The van der Waals surface area contributed by atoms with Gasteiger partial charge in [-0.3, -0.25) is 4.79 Å². The second kappa shape index (κ2) is 23.5. The number of aryl methyl sites for hydroxylation is 1. The van der Waals surface area contributed by atoms with Gasteiger partial charge in [-0.15, -0.1) is 11.3 Å². The smallest absolute Gasteiger partial charge is 0.435 e. The Labute approximate surface area is 460 Å². The quantitative estimate of drug-likeness (QED) is 0.0895. The van der Waals surface area contributed by atoms with E-state index in [4.69, 9.17) is 37.8 Å². The Balaban J connectivity index is 0.000000152. The molecule has 23 heteroatoms. The lowest BCUT2D eigenvalue weighted by atomic mass is 10.2. The van der Waals surface area contributed by atoms with Crippen molar-refractivity contribution in [1.29, 1.82) is 0 Å². The van der Waals surface area contributed by atoms with Crippen LogP contribution in [0.2, 0.25) is 10.6 Å². The normalized spacial score (nSPS) is 11.2. The number of benzene rings is 4. The summed E-state index contributed by atoms with van der Waals surface area (Å²) < 4.78 is 16.2. The first-order valence-electron chi connectivity index (χ1n) is 22.5. The van der Waals surface area contributed by atoms with Crippen LogP contribution < -0.4 is 10.6 Å². The number of aromatic carboxylic acids is 1. The highest BCUT2D eigenvalue weighted by Gasteiger charge is 2.22. The van der Waals surface area contributed by atoms with Gasteiger partial charge in [0.15, 0.2) is 5.78 Å². The van der Waals surface area contributed by atoms with E-state index < -0.39 is 29.4 Å². The maximum Gasteiger partial charge on any atom is 0.435 e. The molecule has 386 valence electrons. The molecule has 10 rings (SSSR count). The highest BCUT2D eigenvalue weighted by atomic mass is 79.9. The lowest BCUT2D eigenvalue weighted by Crippen LogP contribution is -2.27. The highest BCUT2D eigenvalue weighted by Crippen LogP contribution is 2.29. The van der Waals surface area contributed by atoms with Crippen molar-refractivity contribution in [3.63, 3.8) is 0 Å². The van der Waals surface area contributed by atoms with E-state index in [2.05, 4.69) is 77.6 Å². The number of carbonyl (C=O) groups excluding carboxylic acids is 3. The van der Waals surface area contributed by atoms with E-state index in [0.717, 1.165) is 57.6 Å². The van der Waals surface area contributed by atoms with E-state index >= 15 is 0 Å². The third kappa shape index (κ3) is 15.2. The average molecular weight is 1200 g/mol. The van der Waals surface area contributed by atoms with Gasteiger partial charge in [0.2, 0.25) is 10.6 Å². The van der Waals surface area contributed by atoms with Crippen LogP contribution in [0.15, 0.2) is 125 Å². The molecule has 75 heavy (non-hydrogen) atoms. The molecule has 0 saturated carbocycles. The zero-order chi connectivity index (χ0) is 54.4. The first kappa shape index (κ1) is 55.5. The number of ether oxygens (including phenoxy) is 2. The van der Waals surface area contributed by atoms with Gasteiger partial charge in [0.25, 0.3) is 0 Å². The molecule has 0 bridgehead atoms. The van der Waals surface area contributed by atoms with Crippen LogP contribution in [0.25, 0.3) is 42.8 Å². The van der Waals surface area contributed by atoms with Crippen molar-refractivity contribution in [2.45, 2.75) is 66.6 Å². The van der Waals surface area contributed by atoms with Crippen LogP contribution in [0.5, 0.6) is 0 Å². The minimum absolute atomic E-state index is 0.0623. The first-order chi connectivity index (χ1) is 35.4. The molecule has 0 saturated heterocycles. The fraction of sp³-hybridized carbons (Fsp3) is 0.192.